The van der Waals surface area contributed by atoms with Gasteiger partial charge in [0.25, 0.3) is 0 Å². The quantitative estimate of drug-likeness (QED) is 0.135. The molecule has 0 bridgehead atoms. The van der Waals surface area contributed by atoms with Crippen molar-refractivity contribution in [3.63, 3.8) is 0 Å². The van der Waals surface area contributed by atoms with E-state index in [1.54, 1.807) is 40.8 Å². The van der Waals surface area contributed by atoms with Gasteiger partial charge in [0, 0.05) is 55.0 Å². The molecular formula is C44H73N5O10. The van der Waals surface area contributed by atoms with Crippen LogP contribution in [0.3, 0.4) is 0 Å². The number of fused-ring (bicyclic) bond motifs is 1. The SMILES string of the molecule is CC[C@H]1OC(=O)[C@H](C)[C@@H](O)[C@H](C)[C@@H](O[C@@H]2O[C@H](C)C[C@H](N(C)C)[C@H]2OCCCNC(=O)CNc2ccnc3ccccc23)[C@](C)(O)C[C@@H](C)CN(C)[C@H](C)[C@@H](O)[C@]1(C)O. The first-order chi connectivity index (χ1) is 27.7. The zero-order valence-electron chi connectivity index (χ0n) is 37.1. The minimum absolute atomic E-state index is 0.0966. The van der Waals surface area contributed by atoms with E-state index >= 15 is 0 Å². The molecule has 15 heteroatoms. The third-order valence-corrected chi connectivity index (χ3v) is 12.5. The van der Waals surface area contributed by atoms with Gasteiger partial charge in [-0.25, -0.2) is 0 Å². The standard InChI is InChI=1S/C44H73N5O10/c1-12-35-44(8,55)39(52)30(6)49(11)25-26(2)23-43(7,54)40(28(4)37(51)29(5)41(53)58-35)59-42-38(34(48(9)10)22-27(3)57-42)56-21-15-19-46-36(50)24-47-33-18-20-45-32-17-14-13-16-31(32)33/h13-14,16-18,20,26-30,34-35,37-40,42,51-52,54-55H,12,15,19,21-25H2,1-11H3,(H,45,47)(H,46,50)/t26-,27-,28+,29-,30-,34+,35-,37+,38-,39-,40-,42+,43-,44-/m1/s1. The van der Waals surface area contributed by atoms with Crippen LogP contribution in [0, 0.1) is 17.8 Å². The Morgan fingerprint density at radius 1 is 1.08 bits per heavy atom. The zero-order valence-corrected chi connectivity index (χ0v) is 37.1. The van der Waals surface area contributed by atoms with Gasteiger partial charge in [0.05, 0.1) is 41.9 Å². The Labute approximate surface area is 351 Å². The number of nitrogens with zero attached hydrogens (tertiary/aromatic N) is 3. The molecule has 2 fully saturated rings. The summed E-state index contributed by atoms with van der Waals surface area (Å²) in [7, 11) is 5.77. The molecule has 1 aromatic carbocycles. The van der Waals surface area contributed by atoms with Gasteiger partial charge in [-0.3, -0.25) is 14.6 Å². The summed E-state index contributed by atoms with van der Waals surface area (Å²) in [6.45, 7) is 15.2. The Kier molecular flexibility index (Phi) is 17.5. The van der Waals surface area contributed by atoms with Crippen molar-refractivity contribution < 1.29 is 49.0 Å². The molecule has 1 amide bonds. The molecule has 0 radical (unpaired) electrons. The molecule has 59 heavy (non-hydrogen) atoms. The molecule has 2 aliphatic rings. The van der Waals surface area contributed by atoms with E-state index < -0.39 is 71.9 Å². The minimum atomic E-state index is -1.78. The first-order valence-corrected chi connectivity index (χ1v) is 21.3. The van der Waals surface area contributed by atoms with Crippen LogP contribution in [0.2, 0.25) is 0 Å². The number of carbonyl (C=O) groups is 2. The molecule has 0 aliphatic carbocycles. The van der Waals surface area contributed by atoms with Crippen LogP contribution in [-0.4, -0.2) is 161 Å². The number of esters is 1. The van der Waals surface area contributed by atoms with E-state index in [-0.39, 0.29) is 50.0 Å². The molecule has 3 heterocycles. The van der Waals surface area contributed by atoms with Crippen molar-refractivity contribution in [1.29, 1.82) is 0 Å². The van der Waals surface area contributed by atoms with Crippen LogP contribution in [0.5, 0.6) is 0 Å². The number of ether oxygens (including phenoxy) is 4. The third kappa shape index (κ3) is 12.3. The van der Waals surface area contributed by atoms with Crippen molar-refractivity contribution in [3.05, 3.63) is 36.5 Å². The van der Waals surface area contributed by atoms with Crippen molar-refractivity contribution in [2.24, 2.45) is 17.8 Å². The molecule has 0 spiro atoms. The topological polar surface area (TPSA) is 195 Å². The first-order valence-electron chi connectivity index (χ1n) is 21.3. The van der Waals surface area contributed by atoms with Crippen LogP contribution in [-0.2, 0) is 28.5 Å². The van der Waals surface area contributed by atoms with Crippen molar-refractivity contribution in [3.8, 4) is 0 Å². The van der Waals surface area contributed by atoms with Gasteiger partial charge in [0.2, 0.25) is 5.91 Å². The summed E-state index contributed by atoms with van der Waals surface area (Å²) < 4.78 is 25.6. The normalized spacial score (nSPS) is 37.1. The Hall–Kier alpha value is -2.99. The number of pyridine rings is 1. The maximum atomic E-state index is 13.6. The summed E-state index contributed by atoms with van der Waals surface area (Å²) in [6, 6.07) is 8.92. The highest BCUT2D eigenvalue weighted by molar-refractivity contribution is 5.92. The summed E-state index contributed by atoms with van der Waals surface area (Å²) in [6.07, 6.45) is -3.09. The second-order valence-electron chi connectivity index (χ2n) is 17.9. The Morgan fingerprint density at radius 3 is 2.46 bits per heavy atom. The van der Waals surface area contributed by atoms with E-state index in [0.29, 0.717) is 25.9 Å². The number of aliphatic hydroxyl groups excluding tert-OH is 2. The van der Waals surface area contributed by atoms with Gasteiger partial charge < -0.3 is 59.8 Å². The fourth-order valence-electron chi connectivity index (χ4n) is 8.91. The molecule has 334 valence electrons. The molecule has 2 aromatic rings. The Bertz CT molecular complexity index is 1640. The van der Waals surface area contributed by atoms with Crippen LogP contribution >= 0.6 is 0 Å². The molecule has 1 aromatic heterocycles. The van der Waals surface area contributed by atoms with Crippen molar-refractivity contribution >= 4 is 28.5 Å². The van der Waals surface area contributed by atoms with Crippen molar-refractivity contribution in [1.82, 2.24) is 20.1 Å². The molecule has 0 unspecified atom stereocenters. The van der Waals surface area contributed by atoms with Gasteiger partial charge in [0.15, 0.2) is 6.29 Å². The monoisotopic (exact) mass is 832 g/mol. The second-order valence-corrected chi connectivity index (χ2v) is 17.9. The lowest BCUT2D eigenvalue weighted by molar-refractivity contribution is -0.306. The number of para-hydroxylation sites is 1. The van der Waals surface area contributed by atoms with E-state index in [1.165, 1.54) is 6.92 Å². The number of aliphatic hydroxyl groups is 4. The number of aromatic nitrogens is 1. The first kappa shape index (κ1) is 48.7. The lowest BCUT2D eigenvalue weighted by Crippen LogP contribution is -2.60. The molecule has 4 rings (SSSR count). The average molecular weight is 832 g/mol. The highest BCUT2D eigenvalue weighted by atomic mass is 16.7. The fraction of sp³-hybridized carbons (Fsp3) is 0.750. The summed E-state index contributed by atoms with van der Waals surface area (Å²) >= 11 is 0. The van der Waals surface area contributed by atoms with Gasteiger partial charge in [-0.05, 0) is 99.5 Å². The lowest BCUT2D eigenvalue weighted by atomic mass is 9.78. The molecule has 14 atom stereocenters. The van der Waals surface area contributed by atoms with Crippen molar-refractivity contribution in [2.45, 2.75) is 147 Å². The second kappa shape index (κ2) is 21.2. The minimum Gasteiger partial charge on any atom is -0.459 e. The van der Waals surface area contributed by atoms with Crippen LogP contribution < -0.4 is 10.6 Å². The predicted molar refractivity (Wildman–Crippen MR) is 227 cm³/mol. The number of nitrogens with one attached hydrogen (secondary N) is 2. The number of hydrogen-bond acceptors (Lipinski definition) is 14. The van der Waals surface area contributed by atoms with Crippen LogP contribution in [0.25, 0.3) is 10.9 Å². The van der Waals surface area contributed by atoms with E-state index in [4.69, 9.17) is 18.9 Å². The number of benzene rings is 1. The number of hydrogen-bond donors (Lipinski definition) is 6. The van der Waals surface area contributed by atoms with Crippen LogP contribution in [0.1, 0.15) is 81.1 Å². The van der Waals surface area contributed by atoms with Gasteiger partial charge in [-0.1, -0.05) is 39.0 Å². The number of amides is 1. The van der Waals surface area contributed by atoms with Gasteiger partial charge >= 0.3 is 5.97 Å². The van der Waals surface area contributed by atoms with E-state index in [9.17, 15) is 30.0 Å². The summed E-state index contributed by atoms with van der Waals surface area (Å²) in [5.41, 5.74) is -1.64. The number of rotatable bonds is 12. The number of cyclic esters (lactones) is 1. The molecule has 2 saturated heterocycles. The van der Waals surface area contributed by atoms with E-state index in [0.717, 1.165) is 16.6 Å². The Balaban J connectivity index is 1.51. The Morgan fingerprint density at radius 2 is 1.78 bits per heavy atom. The fourth-order valence-corrected chi connectivity index (χ4v) is 8.91. The average Bonchev–Trinajstić information content (AvgIpc) is 3.18. The molecule has 0 saturated carbocycles. The summed E-state index contributed by atoms with van der Waals surface area (Å²) in [4.78, 5) is 34.8. The third-order valence-electron chi connectivity index (χ3n) is 12.5. The number of anilines is 1. The predicted octanol–water partition coefficient (Wildman–Crippen LogP) is 3.17. The number of carbonyl (C=O) groups excluding carboxylic acids is 2. The largest absolute Gasteiger partial charge is 0.459 e. The van der Waals surface area contributed by atoms with Gasteiger partial charge in [0.1, 0.15) is 23.9 Å². The van der Waals surface area contributed by atoms with E-state index in [2.05, 4.69) is 20.5 Å². The van der Waals surface area contributed by atoms with Crippen LogP contribution in [0.15, 0.2) is 36.5 Å². The lowest BCUT2D eigenvalue weighted by Gasteiger charge is -2.48. The van der Waals surface area contributed by atoms with Crippen LogP contribution in [0.4, 0.5) is 5.69 Å². The van der Waals surface area contributed by atoms with Gasteiger partial charge in [-0.2, -0.15) is 0 Å². The molecule has 15 nitrogen and oxygen atoms in total. The molecule has 2 aliphatic heterocycles. The summed E-state index contributed by atoms with van der Waals surface area (Å²) in [5.74, 6) is -2.90. The van der Waals surface area contributed by atoms with Gasteiger partial charge in [-0.15, -0.1) is 0 Å². The number of likely N-dealkylation sites (N-methyl/N-ethyl adjacent to an activating group) is 2. The summed E-state index contributed by atoms with van der Waals surface area (Å²) in [5, 5.41) is 54.2. The van der Waals surface area contributed by atoms with Crippen molar-refractivity contribution in [2.75, 3.05) is 52.7 Å². The molecule has 6 N–H and O–H groups in total. The maximum absolute atomic E-state index is 13.6. The highest BCUT2D eigenvalue weighted by Crippen LogP contribution is 2.37. The molecular weight excluding hydrogens is 759 g/mol. The smallest absolute Gasteiger partial charge is 0.311 e. The zero-order chi connectivity index (χ0) is 43.8. The highest BCUT2D eigenvalue weighted by Gasteiger charge is 2.50. The maximum Gasteiger partial charge on any atom is 0.311 e. The van der Waals surface area contributed by atoms with E-state index in [1.807, 2.05) is 70.2 Å².